The molecule has 3 aromatic rings. The van der Waals surface area contributed by atoms with E-state index in [9.17, 15) is 4.79 Å². The predicted octanol–water partition coefficient (Wildman–Crippen LogP) is 3.23. The summed E-state index contributed by atoms with van der Waals surface area (Å²) < 4.78 is 3.79. The summed E-state index contributed by atoms with van der Waals surface area (Å²) in [6.07, 6.45) is 4.23. The molecule has 9 heteroatoms. The molecule has 138 valence electrons. The minimum absolute atomic E-state index is 0.201. The van der Waals surface area contributed by atoms with Crippen molar-refractivity contribution in [3.63, 3.8) is 0 Å². The van der Waals surface area contributed by atoms with Crippen LogP contribution in [-0.2, 0) is 0 Å². The number of hydrogen-bond acceptors (Lipinski definition) is 8. The van der Waals surface area contributed by atoms with Gasteiger partial charge in [0.15, 0.2) is 5.82 Å². The second kappa shape index (κ2) is 7.67. The van der Waals surface area contributed by atoms with Gasteiger partial charge >= 0.3 is 0 Å². The molecule has 0 spiro atoms. The van der Waals surface area contributed by atoms with Gasteiger partial charge in [-0.3, -0.25) is 4.79 Å². The topological polar surface area (TPSA) is 95.9 Å². The van der Waals surface area contributed by atoms with Crippen molar-refractivity contribution in [3.05, 3.63) is 47.1 Å². The van der Waals surface area contributed by atoms with Gasteiger partial charge in [0.2, 0.25) is 0 Å². The first-order chi connectivity index (χ1) is 13.2. The first kappa shape index (κ1) is 17.3. The fraction of sp³-hybridized carbons (Fsp3) is 0.278. The van der Waals surface area contributed by atoms with Crippen LogP contribution in [0.2, 0.25) is 0 Å². The molecule has 0 aliphatic carbocycles. The number of rotatable bonds is 5. The highest BCUT2D eigenvalue weighted by atomic mass is 32.1. The van der Waals surface area contributed by atoms with Gasteiger partial charge < -0.3 is 15.5 Å². The summed E-state index contributed by atoms with van der Waals surface area (Å²) in [6.45, 7) is 3.89. The number of carbonyl (C=O) groups is 1. The van der Waals surface area contributed by atoms with Crippen molar-refractivity contribution in [1.82, 2.24) is 19.8 Å². The zero-order valence-electron chi connectivity index (χ0n) is 14.8. The van der Waals surface area contributed by atoms with Crippen LogP contribution in [0.5, 0.6) is 0 Å². The lowest BCUT2D eigenvalue weighted by Crippen LogP contribution is -2.18. The molecular formula is C18H19N7OS. The third kappa shape index (κ3) is 4.03. The third-order valence-corrected chi connectivity index (χ3v) is 5.21. The fourth-order valence-electron chi connectivity index (χ4n) is 2.98. The van der Waals surface area contributed by atoms with Crippen molar-refractivity contribution in [2.24, 2.45) is 0 Å². The predicted molar refractivity (Wildman–Crippen MR) is 106 cm³/mol. The molecule has 27 heavy (non-hydrogen) atoms. The normalized spacial score (nSPS) is 13.6. The minimum Gasteiger partial charge on any atom is -0.370 e. The van der Waals surface area contributed by atoms with Gasteiger partial charge in [0.1, 0.15) is 4.88 Å². The molecule has 0 unspecified atom stereocenters. The van der Waals surface area contributed by atoms with E-state index in [2.05, 4.69) is 35.3 Å². The Labute approximate surface area is 160 Å². The van der Waals surface area contributed by atoms with Crippen LogP contribution < -0.4 is 15.5 Å². The van der Waals surface area contributed by atoms with Crippen molar-refractivity contribution in [3.8, 4) is 0 Å². The van der Waals surface area contributed by atoms with E-state index in [0.29, 0.717) is 22.1 Å². The van der Waals surface area contributed by atoms with Crippen molar-refractivity contribution in [2.75, 3.05) is 28.6 Å². The molecular weight excluding hydrogens is 362 g/mol. The van der Waals surface area contributed by atoms with E-state index in [1.165, 1.54) is 12.8 Å². The lowest BCUT2D eigenvalue weighted by molar-refractivity contribution is 0.103. The molecule has 0 radical (unpaired) electrons. The molecule has 1 saturated heterocycles. The number of carbonyl (C=O) groups excluding carboxylic acids is 1. The summed E-state index contributed by atoms with van der Waals surface area (Å²) >= 11 is 1.09. The maximum absolute atomic E-state index is 12.2. The van der Waals surface area contributed by atoms with Gasteiger partial charge in [-0.05, 0) is 55.6 Å². The van der Waals surface area contributed by atoms with Crippen LogP contribution in [0.15, 0.2) is 36.5 Å². The second-order valence-electron chi connectivity index (χ2n) is 6.34. The summed E-state index contributed by atoms with van der Waals surface area (Å²) in [5, 5.41) is 18.2. The van der Waals surface area contributed by atoms with Crippen LogP contribution in [0.25, 0.3) is 0 Å². The monoisotopic (exact) mass is 381 g/mol. The molecule has 1 aliphatic rings. The highest BCUT2D eigenvalue weighted by molar-refractivity contribution is 7.08. The number of benzene rings is 1. The molecule has 0 saturated carbocycles. The average Bonchev–Trinajstić information content (AvgIpc) is 3.35. The Balaban J connectivity index is 1.41. The average molecular weight is 381 g/mol. The highest BCUT2D eigenvalue weighted by Gasteiger charge is 2.14. The molecule has 2 aromatic heterocycles. The lowest BCUT2D eigenvalue weighted by atomic mass is 10.2. The van der Waals surface area contributed by atoms with Gasteiger partial charge in [-0.15, -0.1) is 10.2 Å². The SMILES string of the molecule is Cc1nnsc1C(=O)Nc1ccc(Nc2cc(N3CCCC3)cnn2)cc1. The zero-order valence-corrected chi connectivity index (χ0v) is 15.7. The van der Waals surface area contributed by atoms with Gasteiger partial charge in [-0.2, -0.15) is 5.10 Å². The minimum atomic E-state index is -0.201. The first-order valence-electron chi connectivity index (χ1n) is 8.74. The van der Waals surface area contributed by atoms with Crippen LogP contribution in [0, 0.1) is 6.92 Å². The maximum Gasteiger partial charge on any atom is 0.269 e. The van der Waals surface area contributed by atoms with Crippen LogP contribution in [0.4, 0.5) is 22.9 Å². The first-order valence-corrected chi connectivity index (χ1v) is 9.51. The van der Waals surface area contributed by atoms with E-state index in [0.717, 1.165) is 36.0 Å². The number of nitrogens with zero attached hydrogens (tertiary/aromatic N) is 5. The largest absolute Gasteiger partial charge is 0.370 e. The number of amides is 1. The Morgan fingerprint density at radius 2 is 1.85 bits per heavy atom. The Kier molecular flexibility index (Phi) is 4.93. The highest BCUT2D eigenvalue weighted by Crippen LogP contribution is 2.23. The van der Waals surface area contributed by atoms with E-state index in [4.69, 9.17) is 0 Å². The molecule has 8 nitrogen and oxygen atoms in total. The second-order valence-corrected chi connectivity index (χ2v) is 7.09. The smallest absolute Gasteiger partial charge is 0.269 e. The Morgan fingerprint density at radius 1 is 1.11 bits per heavy atom. The van der Waals surface area contributed by atoms with E-state index in [1.807, 2.05) is 30.3 Å². The molecule has 1 fully saturated rings. The van der Waals surface area contributed by atoms with Crippen molar-refractivity contribution in [2.45, 2.75) is 19.8 Å². The zero-order chi connectivity index (χ0) is 18.6. The summed E-state index contributed by atoms with van der Waals surface area (Å²) in [5.41, 5.74) is 3.29. The maximum atomic E-state index is 12.2. The molecule has 2 N–H and O–H groups in total. The van der Waals surface area contributed by atoms with Crippen molar-refractivity contribution in [1.29, 1.82) is 0 Å². The molecule has 0 bridgehead atoms. The number of aryl methyl sites for hydroxylation is 1. The fourth-order valence-corrected chi connectivity index (χ4v) is 3.53. The summed E-state index contributed by atoms with van der Waals surface area (Å²) in [6, 6.07) is 9.45. The molecule has 1 amide bonds. The summed E-state index contributed by atoms with van der Waals surface area (Å²) in [7, 11) is 0. The molecule has 1 aliphatic heterocycles. The molecule has 3 heterocycles. The molecule has 4 rings (SSSR count). The van der Waals surface area contributed by atoms with Crippen molar-refractivity contribution >= 4 is 40.3 Å². The molecule has 1 aromatic carbocycles. The number of aromatic nitrogens is 4. The Hall–Kier alpha value is -3.07. The van der Waals surface area contributed by atoms with Gasteiger partial charge in [-0.25, -0.2) is 0 Å². The number of hydrogen-bond donors (Lipinski definition) is 2. The summed E-state index contributed by atoms with van der Waals surface area (Å²) in [4.78, 5) is 15.0. The van der Waals surface area contributed by atoms with Crippen LogP contribution in [0.1, 0.15) is 28.2 Å². The lowest BCUT2D eigenvalue weighted by Gasteiger charge is -2.17. The van der Waals surface area contributed by atoms with Gasteiger partial charge in [0.25, 0.3) is 5.91 Å². The van der Waals surface area contributed by atoms with E-state index >= 15 is 0 Å². The van der Waals surface area contributed by atoms with Crippen LogP contribution >= 0.6 is 11.5 Å². The van der Waals surface area contributed by atoms with E-state index < -0.39 is 0 Å². The standard InChI is InChI=1S/C18H19N7OS/c1-12-17(27-24-22-12)18(26)21-14-6-4-13(5-7-14)20-16-10-15(11-19-23-16)25-8-2-3-9-25/h4-7,10-11H,2-3,8-9H2,1H3,(H,20,23)(H,21,26). The summed E-state index contributed by atoms with van der Waals surface area (Å²) in [5.74, 6) is 0.495. The van der Waals surface area contributed by atoms with Crippen LogP contribution in [0.3, 0.4) is 0 Å². The van der Waals surface area contributed by atoms with Gasteiger partial charge in [0, 0.05) is 30.5 Å². The van der Waals surface area contributed by atoms with E-state index in [1.54, 1.807) is 13.1 Å². The number of anilines is 4. The Bertz CT molecular complexity index is 935. The van der Waals surface area contributed by atoms with Crippen LogP contribution in [-0.4, -0.2) is 38.8 Å². The Morgan fingerprint density at radius 3 is 2.56 bits per heavy atom. The van der Waals surface area contributed by atoms with Gasteiger partial charge in [0.05, 0.1) is 17.6 Å². The third-order valence-electron chi connectivity index (χ3n) is 4.38. The quantitative estimate of drug-likeness (QED) is 0.700. The van der Waals surface area contributed by atoms with Crippen molar-refractivity contribution < 1.29 is 4.79 Å². The van der Waals surface area contributed by atoms with E-state index in [-0.39, 0.29) is 5.91 Å². The van der Waals surface area contributed by atoms with Gasteiger partial charge in [-0.1, -0.05) is 4.49 Å². The molecule has 0 atom stereocenters. The number of nitrogens with one attached hydrogen (secondary N) is 2.